The Labute approximate surface area is 119 Å². The van der Waals surface area contributed by atoms with Crippen molar-refractivity contribution in [3.63, 3.8) is 0 Å². The smallest absolute Gasteiger partial charge is 0.119 e. The zero-order valence-corrected chi connectivity index (χ0v) is 11.7. The Balaban J connectivity index is 2.21. The first-order valence-electron chi connectivity index (χ1n) is 6.78. The molecule has 2 rings (SSSR count). The Kier molecular flexibility index (Phi) is 5.35. The second-order valence-electron chi connectivity index (χ2n) is 4.64. The lowest BCUT2D eigenvalue weighted by atomic mass is 10.0. The molecule has 2 aromatic carbocycles. The maximum atomic E-state index is 8.79. The fraction of sp³-hybridized carbons (Fsp3) is 0.375. The molecular formula is C16H21NO3. The maximum Gasteiger partial charge on any atom is 0.119 e. The van der Waals surface area contributed by atoms with Gasteiger partial charge in [-0.1, -0.05) is 18.2 Å². The van der Waals surface area contributed by atoms with Gasteiger partial charge in [-0.15, -0.1) is 0 Å². The number of aliphatic hydroxyl groups is 1. The van der Waals surface area contributed by atoms with Gasteiger partial charge >= 0.3 is 0 Å². The molecule has 0 bridgehead atoms. The number of hydrogen-bond donors (Lipinski definition) is 2. The summed E-state index contributed by atoms with van der Waals surface area (Å²) in [5.74, 6) is 0.847. The Morgan fingerprint density at radius 3 is 2.60 bits per heavy atom. The van der Waals surface area contributed by atoms with Crippen LogP contribution in [0.15, 0.2) is 36.4 Å². The van der Waals surface area contributed by atoms with E-state index in [1.54, 1.807) is 7.11 Å². The number of ether oxygens (including phenoxy) is 2. The largest absolute Gasteiger partial charge is 0.497 e. The summed E-state index contributed by atoms with van der Waals surface area (Å²) in [6.45, 7) is 1.07. The lowest BCUT2D eigenvalue weighted by Gasteiger charge is -2.17. The van der Waals surface area contributed by atoms with Gasteiger partial charge in [0.25, 0.3) is 0 Å². The average Bonchev–Trinajstić information content (AvgIpc) is 2.50. The van der Waals surface area contributed by atoms with E-state index in [1.165, 1.54) is 0 Å². The highest BCUT2D eigenvalue weighted by molar-refractivity contribution is 5.84. The molecule has 0 heterocycles. The summed E-state index contributed by atoms with van der Waals surface area (Å²) < 4.78 is 10.9. The van der Waals surface area contributed by atoms with Crippen molar-refractivity contribution in [1.29, 1.82) is 0 Å². The molecular weight excluding hydrogens is 254 g/mol. The second kappa shape index (κ2) is 7.24. The lowest BCUT2D eigenvalue weighted by Crippen LogP contribution is -2.16. The number of rotatable bonds is 7. The quantitative estimate of drug-likeness (QED) is 0.761. The molecule has 0 aromatic heterocycles. The molecule has 0 radical (unpaired) electrons. The molecule has 0 aliphatic rings. The molecule has 0 saturated carbocycles. The standard InChI is InChI=1S/C16H21NO3/c1-19-15-6-5-12-9-14(4-3-13(12)10-15)16(11-17)20-8-2-7-18/h3-6,9-10,16,18H,2,7-8,11,17H2,1H3. The van der Waals surface area contributed by atoms with E-state index in [9.17, 15) is 0 Å². The molecule has 0 aliphatic heterocycles. The van der Waals surface area contributed by atoms with Crippen LogP contribution in [0.25, 0.3) is 10.8 Å². The normalized spacial score (nSPS) is 12.6. The first-order valence-corrected chi connectivity index (χ1v) is 6.78. The van der Waals surface area contributed by atoms with Gasteiger partial charge in [-0.3, -0.25) is 0 Å². The van der Waals surface area contributed by atoms with E-state index in [0.717, 1.165) is 22.1 Å². The predicted octanol–water partition coefficient (Wildman–Crippen LogP) is 2.25. The van der Waals surface area contributed by atoms with E-state index in [4.69, 9.17) is 20.3 Å². The molecule has 4 nitrogen and oxygen atoms in total. The monoisotopic (exact) mass is 275 g/mol. The van der Waals surface area contributed by atoms with Crippen molar-refractivity contribution >= 4 is 10.8 Å². The van der Waals surface area contributed by atoms with E-state index >= 15 is 0 Å². The number of fused-ring (bicyclic) bond motifs is 1. The zero-order chi connectivity index (χ0) is 14.4. The molecule has 1 unspecified atom stereocenters. The molecule has 0 saturated heterocycles. The van der Waals surface area contributed by atoms with Crippen LogP contribution in [0.3, 0.4) is 0 Å². The summed E-state index contributed by atoms with van der Waals surface area (Å²) in [4.78, 5) is 0. The maximum absolute atomic E-state index is 8.79. The molecule has 0 fully saturated rings. The first kappa shape index (κ1) is 14.8. The number of methoxy groups -OCH3 is 1. The van der Waals surface area contributed by atoms with Crippen LogP contribution in [-0.4, -0.2) is 32.0 Å². The van der Waals surface area contributed by atoms with Gasteiger partial charge in [0.15, 0.2) is 0 Å². The molecule has 0 spiro atoms. The van der Waals surface area contributed by atoms with Crippen molar-refractivity contribution in [2.24, 2.45) is 5.73 Å². The molecule has 20 heavy (non-hydrogen) atoms. The van der Waals surface area contributed by atoms with Gasteiger partial charge in [0.1, 0.15) is 5.75 Å². The third kappa shape index (κ3) is 3.48. The fourth-order valence-corrected chi connectivity index (χ4v) is 2.16. The third-order valence-electron chi connectivity index (χ3n) is 3.28. The molecule has 0 aliphatic carbocycles. The van der Waals surface area contributed by atoms with E-state index in [0.29, 0.717) is 19.6 Å². The van der Waals surface area contributed by atoms with E-state index in [-0.39, 0.29) is 12.7 Å². The van der Waals surface area contributed by atoms with Crippen LogP contribution < -0.4 is 10.5 Å². The van der Waals surface area contributed by atoms with Crippen molar-refractivity contribution in [3.8, 4) is 5.75 Å². The number of nitrogens with two attached hydrogens (primary N) is 1. The van der Waals surface area contributed by atoms with Gasteiger partial charge in [0.2, 0.25) is 0 Å². The Bertz CT molecular complexity index is 556. The number of aliphatic hydroxyl groups excluding tert-OH is 1. The Hall–Kier alpha value is -1.62. The highest BCUT2D eigenvalue weighted by Gasteiger charge is 2.10. The van der Waals surface area contributed by atoms with Crippen LogP contribution in [0.4, 0.5) is 0 Å². The summed E-state index contributed by atoms with van der Waals surface area (Å²) >= 11 is 0. The number of hydrogen-bond acceptors (Lipinski definition) is 4. The van der Waals surface area contributed by atoms with Crippen LogP contribution in [0.5, 0.6) is 5.75 Å². The van der Waals surface area contributed by atoms with Gasteiger partial charge in [-0.25, -0.2) is 0 Å². The Morgan fingerprint density at radius 1 is 1.15 bits per heavy atom. The van der Waals surface area contributed by atoms with E-state index < -0.39 is 0 Å². The topological polar surface area (TPSA) is 64.7 Å². The fourth-order valence-electron chi connectivity index (χ4n) is 2.16. The molecule has 4 heteroatoms. The van der Waals surface area contributed by atoms with E-state index in [2.05, 4.69) is 6.07 Å². The highest BCUT2D eigenvalue weighted by atomic mass is 16.5. The van der Waals surface area contributed by atoms with Gasteiger partial charge < -0.3 is 20.3 Å². The highest BCUT2D eigenvalue weighted by Crippen LogP contribution is 2.25. The van der Waals surface area contributed by atoms with Crippen LogP contribution >= 0.6 is 0 Å². The summed E-state index contributed by atoms with van der Waals surface area (Å²) in [6.07, 6.45) is 0.495. The van der Waals surface area contributed by atoms with Crippen molar-refractivity contribution in [2.75, 3.05) is 26.9 Å². The van der Waals surface area contributed by atoms with Crippen molar-refractivity contribution in [1.82, 2.24) is 0 Å². The van der Waals surface area contributed by atoms with Gasteiger partial charge in [0.05, 0.1) is 13.2 Å². The minimum Gasteiger partial charge on any atom is -0.497 e. The molecule has 3 N–H and O–H groups in total. The number of benzene rings is 2. The Morgan fingerprint density at radius 2 is 1.90 bits per heavy atom. The van der Waals surface area contributed by atoms with Gasteiger partial charge in [-0.05, 0) is 41.0 Å². The SMILES string of the molecule is COc1ccc2cc(C(CN)OCCCO)ccc2c1. The minimum atomic E-state index is -0.131. The minimum absolute atomic E-state index is 0.131. The summed E-state index contributed by atoms with van der Waals surface area (Å²) in [7, 11) is 1.66. The molecule has 2 aromatic rings. The summed E-state index contributed by atoms with van der Waals surface area (Å²) in [5, 5.41) is 11.0. The van der Waals surface area contributed by atoms with Crippen molar-refractivity contribution in [2.45, 2.75) is 12.5 Å². The lowest BCUT2D eigenvalue weighted by molar-refractivity contribution is 0.0489. The van der Waals surface area contributed by atoms with Crippen molar-refractivity contribution in [3.05, 3.63) is 42.0 Å². The summed E-state index contributed by atoms with van der Waals surface area (Å²) in [6, 6.07) is 12.1. The van der Waals surface area contributed by atoms with Crippen LogP contribution in [0.2, 0.25) is 0 Å². The molecule has 108 valence electrons. The van der Waals surface area contributed by atoms with Gasteiger partial charge in [0, 0.05) is 19.8 Å². The van der Waals surface area contributed by atoms with Crippen LogP contribution in [-0.2, 0) is 4.74 Å². The first-order chi connectivity index (χ1) is 9.78. The van der Waals surface area contributed by atoms with Crippen molar-refractivity contribution < 1.29 is 14.6 Å². The second-order valence-corrected chi connectivity index (χ2v) is 4.64. The molecule has 1 atom stereocenters. The average molecular weight is 275 g/mol. The van der Waals surface area contributed by atoms with Crippen LogP contribution in [0, 0.1) is 0 Å². The zero-order valence-electron chi connectivity index (χ0n) is 11.7. The molecule has 0 amide bonds. The van der Waals surface area contributed by atoms with Crippen LogP contribution in [0.1, 0.15) is 18.1 Å². The van der Waals surface area contributed by atoms with Gasteiger partial charge in [-0.2, -0.15) is 0 Å². The third-order valence-corrected chi connectivity index (χ3v) is 3.28. The van der Waals surface area contributed by atoms with E-state index in [1.807, 2.05) is 30.3 Å². The predicted molar refractivity (Wildman–Crippen MR) is 80.0 cm³/mol. The summed E-state index contributed by atoms with van der Waals surface area (Å²) in [5.41, 5.74) is 6.83.